The summed E-state index contributed by atoms with van der Waals surface area (Å²) < 4.78 is 42.1. The van der Waals surface area contributed by atoms with Crippen molar-refractivity contribution in [1.82, 2.24) is 25.0 Å². The maximum Gasteiger partial charge on any atom is 0.432 e. The number of benzene rings is 1. The SMILES string of the molecule is Cc1cc2ccccc2c(N/C(=C(\C=N)C(=O)Nc2cnc(-n3nccn3)c(Cl)c2)C(F)(F)F)n1. The molecule has 3 N–H and O–H groups in total. The second kappa shape index (κ2) is 9.50. The summed E-state index contributed by atoms with van der Waals surface area (Å²) in [6.07, 6.45) is -0.678. The van der Waals surface area contributed by atoms with Gasteiger partial charge < -0.3 is 16.0 Å². The van der Waals surface area contributed by atoms with E-state index in [2.05, 4.69) is 30.8 Å². The van der Waals surface area contributed by atoms with Crippen LogP contribution < -0.4 is 10.6 Å². The second-order valence-corrected chi connectivity index (χ2v) is 7.60. The second-order valence-electron chi connectivity index (χ2n) is 7.19. The van der Waals surface area contributed by atoms with Gasteiger partial charge >= 0.3 is 6.18 Å². The van der Waals surface area contributed by atoms with Gasteiger partial charge in [0.2, 0.25) is 0 Å². The lowest BCUT2D eigenvalue weighted by Crippen LogP contribution is -2.28. The molecule has 3 aromatic heterocycles. The van der Waals surface area contributed by atoms with Crippen LogP contribution >= 0.6 is 11.6 Å². The Balaban J connectivity index is 1.70. The Labute approximate surface area is 201 Å². The fraction of sp³-hybridized carbons (Fsp3) is 0.0909. The first-order valence-corrected chi connectivity index (χ1v) is 10.3. The fourth-order valence-electron chi connectivity index (χ4n) is 3.26. The molecule has 178 valence electrons. The van der Waals surface area contributed by atoms with E-state index in [1.54, 1.807) is 37.3 Å². The first-order valence-electron chi connectivity index (χ1n) is 9.96. The largest absolute Gasteiger partial charge is 0.432 e. The Kier molecular flexibility index (Phi) is 6.47. The van der Waals surface area contributed by atoms with Crippen molar-refractivity contribution < 1.29 is 18.0 Å². The predicted octanol–water partition coefficient (Wildman–Crippen LogP) is 4.69. The molecule has 3 heterocycles. The summed E-state index contributed by atoms with van der Waals surface area (Å²) in [5, 5.41) is 21.0. The van der Waals surface area contributed by atoms with Crippen molar-refractivity contribution >= 4 is 46.0 Å². The number of rotatable bonds is 6. The van der Waals surface area contributed by atoms with Gasteiger partial charge in [0.15, 0.2) is 5.82 Å². The number of alkyl halides is 3. The Morgan fingerprint density at radius 1 is 1.14 bits per heavy atom. The Morgan fingerprint density at radius 2 is 1.86 bits per heavy atom. The number of carbonyl (C=O) groups excluding carboxylic acids is 1. The molecule has 9 nitrogen and oxygen atoms in total. The van der Waals surface area contributed by atoms with Gasteiger partial charge in [-0.25, -0.2) is 9.97 Å². The van der Waals surface area contributed by atoms with Gasteiger partial charge in [0.05, 0.1) is 34.9 Å². The van der Waals surface area contributed by atoms with Crippen molar-refractivity contribution in [3.05, 3.63) is 77.0 Å². The molecule has 35 heavy (non-hydrogen) atoms. The van der Waals surface area contributed by atoms with Gasteiger partial charge in [0.1, 0.15) is 11.5 Å². The van der Waals surface area contributed by atoms with Crippen molar-refractivity contribution in [3.63, 3.8) is 0 Å². The number of amides is 1. The van der Waals surface area contributed by atoms with Crippen molar-refractivity contribution in [2.75, 3.05) is 10.6 Å². The zero-order chi connectivity index (χ0) is 25.2. The average molecular weight is 501 g/mol. The fourth-order valence-corrected chi connectivity index (χ4v) is 3.50. The molecule has 0 saturated heterocycles. The number of nitrogens with one attached hydrogen (secondary N) is 3. The number of carbonyl (C=O) groups is 1. The smallest absolute Gasteiger partial charge is 0.335 e. The number of aryl methyl sites for hydroxylation is 1. The maximum absolute atomic E-state index is 14.0. The molecular formula is C22H16ClF3N8O. The van der Waals surface area contributed by atoms with Gasteiger partial charge in [0, 0.05) is 17.3 Å². The minimum atomic E-state index is -5.00. The minimum absolute atomic E-state index is 0.0101. The van der Waals surface area contributed by atoms with Crippen LogP contribution in [0, 0.1) is 12.3 Å². The molecule has 0 saturated carbocycles. The molecule has 1 aromatic carbocycles. The third-order valence-corrected chi connectivity index (χ3v) is 5.02. The first-order chi connectivity index (χ1) is 16.7. The van der Waals surface area contributed by atoms with Crippen molar-refractivity contribution in [3.8, 4) is 5.82 Å². The topological polar surface area (TPSA) is 121 Å². The van der Waals surface area contributed by atoms with Crippen LogP contribution in [0.2, 0.25) is 5.02 Å². The monoisotopic (exact) mass is 500 g/mol. The van der Waals surface area contributed by atoms with Gasteiger partial charge in [-0.05, 0) is 24.4 Å². The maximum atomic E-state index is 14.0. The zero-order valence-electron chi connectivity index (χ0n) is 17.9. The van der Waals surface area contributed by atoms with Crippen LogP contribution in [0.3, 0.4) is 0 Å². The third kappa shape index (κ3) is 5.11. The van der Waals surface area contributed by atoms with E-state index in [-0.39, 0.29) is 22.3 Å². The van der Waals surface area contributed by atoms with Gasteiger partial charge in [-0.1, -0.05) is 35.9 Å². The van der Waals surface area contributed by atoms with Gasteiger partial charge in [0.25, 0.3) is 5.91 Å². The summed E-state index contributed by atoms with van der Waals surface area (Å²) in [7, 11) is 0. The molecule has 0 spiro atoms. The van der Waals surface area contributed by atoms with Crippen molar-refractivity contribution in [2.45, 2.75) is 13.1 Å². The van der Waals surface area contributed by atoms with E-state index in [0.29, 0.717) is 22.7 Å². The van der Waals surface area contributed by atoms with E-state index in [1.165, 1.54) is 24.7 Å². The number of hydrogen-bond donors (Lipinski definition) is 3. The molecule has 0 radical (unpaired) electrons. The van der Waals surface area contributed by atoms with Crippen LogP contribution in [0.15, 0.2) is 66.3 Å². The van der Waals surface area contributed by atoms with Crippen LogP contribution in [-0.4, -0.2) is 43.3 Å². The van der Waals surface area contributed by atoms with E-state index in [9.17, 15) is 18.0 Å². The summed E-state index contributed by atoms with van der Waals surface area (Å²) in [4.78, 5) is 22.1. The minimum Gasteiger partial charge on any atom is -0.335 e. The lowest BCUT2D eigenvalue weighted by Gasteiger charge is -2.18. The molecule has 1 amide bonds. The molecule has 0 aliphatic carbocycles. The summed E-state index contributed by atoms with van der Waals surface area (Å²) in [5.41, 5.74) is -1.92. The molecule has 0 aliphatic rings. The average Bonchev–Trinajstić information content (AvgIpc) is 3.33. The molecular weight excluding hydrogens is 485 g/mol. The van der Waals surface area contributed by atoms with Crippen LogP contribution in [0.4, 0.5) is 24.7 Å². The van der Waals surface area contributed by atoms with Crippen LogP contribution in [0.25, 0.3) is 16.6 Å². The highest BCUT2D eigenvalue weighted by molar-refractivity contribution is 6.32. The highest BCUT2D eigenvalue weighted by Gasteiger charge is 2.39. The molecule has 0 fully saturated rings. The lowest BCUT2D eigenvalue weighted by molar-refractivity contribution is -0.114. The number of fused-ring (bicyclic) bond motifs is 1. The van der Waals surface area contributed by atoms with Crippen LogP contribution in [0.1, 0.15) is 5.69 Å². The molecule has 0 aliphatic heterocycles. The summed E-state index contributed by atoms with van der Waals surface area (Å²) in [5.74, 6) is -1.13. The number of halogens is 4. The number of pyridine rings is 2. The predicted molar refractivity (Wildman–Crippen MR) is 125 cm³/mol. The molecule has 0 bridgehead atoms. The van der Waals surface area contributed by atoms with Crippen LogP contribution in [-0.2, 0) is 4.79 Å². The lowest BCUT2D eigenvalue weighted by atomic mass is 10.1. The Bertz CT molecular complexity index is 1450. The molecule has 0 atom stereocenters. The normalized spacial score (nSPS) is 12.3. The Hall–Kier alpha value is -4.32. The molecule has 0 unspecified atom stereocenters. The van der Waals surface area contributed by atoms with Crippen molar-refractivity contribution in [1.29, 1.82) is 5.41 Å². The summed E-state index contributed by atoms with van der Waals surface area (Å²) >= 11 is 6.16. The summed E-state index contributed by atoms with van der Waals surface area (Å²) in [6.45, 7) is 1.64. The Morgan fingerprint density at radius 3 is 2.51 bits per heavy atom. The first kappa shape index (κ1) is 23.8. The van der Waals surface area contributed by atoms with E-state index in [1.807, 2.05) is 0 Å². The number of hydrogen-bond acceptors (Lipinski definition) is 7. The zero-order valence-corrected chi connectivity index (χ0v) is 18.7. The van der Waals surface area contributed by atoms with Crippen molar-refractivity contribution in [2.24, 2.45) is 0 Å². The molecule has 4 rings (SSSR count). The van der Waals surface area contributed by atoms with E-state index >= 15 is 0 Å². The van der Waals surface area contributed by atoms with E-state index in [4.69, 9.17) is 17.0 Å². The van der Waals surface area contributed by atoms with Gasteiger partial charge in [-0.3, -0.25) is 4.79 Å². The highest BCUT2D eigenvalue weighted by atomic mass is 35.5. The quantitative estimate of drug-likeness (QED) is 0.261. The standard InChI is InChI=1S/C22H16ClF3N8O/c1-12-8-13-4-2-3-5-15(13)19(31-12)33-18(22(24,25)26)16(10-27)21(35)32-14-9-17(23)20(28-11-14)34-29-6-7-30-34/h2-11,27H,1H3,(H,31,33)(H,32,35)/b18-16+,27-10?. The highest BCUT2D eigenvalue weighted by Crippen LogP contribution is 2.32. The number of anilines is 2. The van der Waals surface area contributed by atoms with Crippen LogP contribution in [0.5, 0.6) is 0 Å². The van der Waals surface area contributed by atoms with E-state index < -0.39 is 23.4 Å². The number of nitrogens with zero attached hydrogens (tertiary/aromatic N) is 5. The molecule has 13 heteroatoms. The number of aromatic nitrogens is 5. The van der Waals surface area contributed by atoms with E-state index in [0.717, 1.165) is 4.80 Å². The third-order valence-electron chi connectivity index (χ3n) is 4.74. The summed E-state index contributed by atoms with van der Waals surface area (Å²) in [6, 6.07) is 9.74. The number of allylic oxidation sites excluding steroid dienone is 1. The van der Waals surface area contributed by atoms with Gasteiger partial charge in [-0.2, -0.15) is 23.4 Å². The van der Waals surface area contributed by atoms with Gasteiger partial charge in [-0.15, -0.1) is 4.80 Å². The molecule has 4 aromatic rings.